The number of alkyl halides is 1. The Bertz CT molecular complexity index is 598. The number of hydrogen-bond donors (Lipinski definition) is 1. The van der Waals surface area contributed by atoms with Gasteiger partial charge < -0.3 is 5.32 Å². The highest BCUT2D eigenvalue weighted by Gasteiger charge is 2.12. The van der Waals surface area contributed by atoms with Crippen molar-refractivity contribution in [3.8, 4) is 0 Å². The van der Waals surface area contributed by atoms with Crippen molar-refractivity contribution in [2.24, 2.45) is 0 Å². The summed E-state index contributed by atoms with van der Waals surface area (Å²) in [5.74, 6) is -0.543. The molecule has 2 rings (SSSR count). The number of nitrogens with one attached hydrogen (secondary N) is 1. The van der Waals surface area contributed by atoms with Gasteiger partial charge in [-0.05, 0) is 45.8 Å². The Kier molecular flexibility index (Phi) is 4.56. The number of rotatable bonds is 3. The molecule has 0 atom stereocenters. The first-order valence-corrected chi connectivity index (χ1v) is 6.85. The van der Waals surface area contributed by atoms with E-state index >= 15 is 0 Å². The first-order chi connectivity index (χ1) is 9.11. The number of benzene rings is 2. The Morgan fingerprint density at radius 2 is 2.00 bits per heavy atom. The molecule has 0 heterocycles. The average molecular weight is 343 g/mol. The van der Waals surface area contributed by atoms with E-state index in [2.05, 4.69) is 21.2 Å². The molecule has 0 bridgehead atoms. The highest BCUT2D eigenvalue weighted by Crippen LogP contribution is 2.25. The molecule has 0 aliphatic rings. The van der Waals surface area contributed by atoms with Gasteiger partial charge >= 0.3 is 0 Å². The summed E-state index contributed by atoms with van der Waals surface area (Å²) in [7, 11) is 0. The number of hydrogen-bond acceptors (Lipinski definition) is 1. The standard InChI is InChI=1S/C14H10BrClFNO/c15-11-5-2-6-12(17)13(11)18-14(19)10-4-1-3-9(7-10)8-16/h1-7H,8H2,(H,18,19). The van der Waals surface area contributed by atoms with Gasteiger partial charge in [-0.15, -0.1) is 11.6 Å². The van der Waals surface area contributed by atoms with Crippen LogP contribution < -0.4 is 5.32 Å². The monoisotopic (exact) mass is 341 g/mol. The largest absolute Gasteiger partial charge is 0.319 e. The van der Waals surface area contributed by atoms with E-state index in [1.54, 1.807) is 30.3 Å². The van der Waals surface area contributed by atoms with Crippen LogP contribution in [0.25, 0.3) is 0 Å². The second-order valence-corrected chi connectivity index (χ2v) is 5.01. The lowest BCUT2D eigenvalue weighted by molar-refractivity contribution is 0.102. The molecule has 19 heavy (non-hydrogen) atoms. The predicted molar refractivity (Wildman–Crippen MR) is 78.1 cm³/mol. The van der Waals surface area contributed by atoms with Crippen LogP contribution in [0.5, 0.6) is 0 Å². The molecule has 0 aliphatic heterocycles. The Balaban J connectivity index is 2.25. The van der Waals surface area contributed by atoms with E-state index in [9.17, 15) is 9.18 Å². The molecule has 1 amide bonds. The van der Waals surface area contributed by atoms with Crippen LogP contribution >= 0.6 is 27.5 Å². The number of anilines is 1. The Morgan fingerprint density at radius 3 is 2.68 bits per heavy atom. The average Bonchev–Trinajstić information content (AvgIpc) is 2.43. The van der Waals surface area contributed by atoms with Gasteiger partial charge in [0.2, 0.25) is 0 Å². The maximum absolute atomic E-state index is 13.6. The molecule has 2 aromatic carbocycles. The number of amides is 1. The SMILES string of the molecule is O=C(Nc1c(F)cccc1Br)c1cccc(CCl)c1. The van der Waals surface area contributed by atoms with Crippen molar-refractivity contribution in [1.29, 1.82) is 0 Å². The Hall–Kier alpha value is -1.39. The normalized spacial score (nSPS) is 10.3. The fourth-order valence-electron chi connectivity index (χ4n) is 1.60. The topological polar surface area (TPSA) is 29.1 Å². The van der Waals surface area contributed by atoms with E-state index in [0.717, 1.165) is 5.56 Å². The van der Waals surface area contributed by atoms with Gasteiger partial charge in [-0.3, -0.25) is 4.79 Å². The van der Waals surface area contributed by atoms with E-state index in [-0.39, 0.29) is 11.6 Å². The molecule has 2 nitrogen and oxygen atoms in total. The summed E-state index contributed by atoms with van der Waals surface area (Å²) in [6.07, 6.45) is 0. The molecule has 1 N–H and O–H groups in total. The van der Waals surface area contributed by atoms with Crippen molar-refractivity contribution < 1.29 is 9.18 Å². The maximum Gasteiger partial charge on any atom is 0.255 e. The second kappa shape index (κ2) is 6.17. The smallest absolute Gasteiger partial charge is 0.255 e. The second-order valence-electron chi connectivity index (χ2n) is 3.88. The molecule has 2 aromatic rings. The van der Waals surface area contributed by atoms with Gasteiger partial charge in [-0.2, -0.15) is 0 Å². The lowest BCUT2D eigenvalue weighted by atomic mass is 10.1. The first kappa shape index (κ1) is 14.0. The summed E-state index contributed by atoms with van der Waals surface area (Å²) in [4.78, 5) is 12.0. The minimum absolute atomic E-state index is 0.128. The minimum Gasteiger partial charge on any atom is -0.319 e. The lowest BCUT2D eigenvalue weighted by Crippen LogP contribution is -2.13. The molecule has 0 aliphatic carbocycles. The number of carbonyl (C=O) groups is 1. The Morgan fingerprint density at radius 1 is 1.26 bits per heavy atom. The summed E-state index contributed by atoms with van der Waals surface area (Å²) in [6, 6.07) is 11.4. The molecule has 0 fully saturated rings. The number of halogens is 3. The number of carbonyl (C=O) groups excluding carboxylic acids is 1. The van der Waals surface area contributed by atoms with E-state index in [1.807, 2.05) is 6.07 Å². The zero-order valence-corrected chi connectivity index (χ0v) is 12.1. The van der Waals surface area contributed by atoms with Crippen LogP contribution in [0.4, 0.5) is 10.1 Å². The minimum atomic E-state index is -0.490. The van der Waals surface area contributed by atoms with Crippen LogP contribution in [0.15, 0.2) is 46.9 Å². The predicted octanol–water partition coefficient (Wildman–Crippen LogP) is 4.58. The van der Waals surface area contributed by atoms with Crippen LogP contribution in [-0.2, 0) is 5.88 Å². The summed E-state index contributed by atoms with van der Waals surface area (Å²) in [6.45, 7) is 0. The van der Waals surface area contributed by atoms with Gasteiger partial charge in [0.1, 0.15) is 5.82 Å². The van der Waals surface area contributed by atoms with Crippen molar-refractivity contribution >= 4 is 39.1 Å². The zero-order chi connectivity index (χ0) is 13.8. The van der Waals surface area contributed by atoms with Gasteiger partial charge in [-0.25, -0.2) is 4.39 Å². The third-order valence-electron chi connectivity index (χ3n) is 2.54. The lowest BCUT2D eigenvalue weighted by Gasteiger charge is -2.09. The summed E-state index contributed by atoms with van der Waals surface area (Å²) in [5, 5.41) is 2.54. The molecule has 5 heteroatoms. The van der Waals surface area contributed by atoms with Crippen molar-refractivity contribution in [1.82, 2.24) is 0 Å². The van der Waals surface area contributed by atoms with Gasteiger partial charge in [0.15, 0.2) is 0 Å². The van der Waals surface area contributed by atoms with E-state index in [0.29, 0.717) is 15.9 Å². The first-order valence-electron chi connectivity index (χ1n) is 5.52. The molecule has 0 saturated carbocycles. The molecule has 0 unspecified atom stereocenters. The van der Waals surface area contributed by atoms with Crippen molar-refractivity contribution in [3.05, 3.63) is 63.9 Å². The van der Waals surface area contributed by atoms with Gasteiger partial charge in [0, 0.05) is 15.9 Å². The van der Waals surface area contributed by atoms with Crippen LogP contribution in [0.1, 0.15) is 15.9 Å². The van der Waals surface area contributed by atoms with Crippen molar-refractivity contribution in [3.63, 3.8) is 0 Å². The molecule has 0 spiro atoms. The molecular weight excluding hydrogens is 333 g/mol. The van der Waals surface area contributed by atoms with Crippen LogP contribution in [0.2, 0.25) is 0 Å². The summed E-state index contributed by atoms with van der Waals surface area (Å²) < 4.78 is 14.1. The van der Waals surface area contributed by atoms with E-state index in [1.165, 1.54) is 6.07 Å². The highest BCUT2D eigenvalue weighted by molar-refractivity contribution is 9.10. The Labute approximate surface area is 123 Å². The summed E-state index contributed by atoms with van der Waals surface area (Å²) in [5.41, 5.74) is 1.40. The molecule has 0 aromatic heterocycles. The quantitative estimate of drug-likeness (QED) is 0.813. The third-order valence-corrected chi connectivity index (χ3v) is 3.51. The van der Waals surface area contributed by atoms with Crippen LogP contribution in [0, 0.1) is 5.82 Å². The van der Waals surface area contributed by atoms with Crippen LogP contribution in [0.3, 0.4) is 0 Å². The molecular formula is C14H10BrClFNO. The fourth-order valence-corrected chi connectivity index (χ4v) is 2.21. The number of para-hydroxylation sites is 1. The maximum atomic E-state index is 13.6. The van der Waals surface area contributed by atoms with Gasteiger partial charge in [0.05, 0.1) is 5.69 Å². The molecule has 0 saturated heterocycles. The highest BCUT2D eigenvalue weighted by atomic mass is 79.9. The third kappa shape index (κ3) is 3.33. The van der Waals surface area contributed by atoms with Crippen molar-refractivity contribution in [2.45, 2.75) is 5.88 Å². The van der Waals surface area contributed by atoms with Gasteiger partial charge in [-0.1, -0.05) is 18.2 Å². The van der Waals surface area contributed by atoms with Crippen LogP contribution in [-0.4, -0.2) is 5.91 Å². The molecule has 0 radical (unpaired) electrons. The van der Waals surface area contributed by atoms with E-state index < -0.39 is 5.82 Å². The fraction of sp³-hybridized carbons (Fsp3) is 0.0714. The summed E-state index contributed by atoms with van der Waals surface area (Å²) >= 11 is 8.92. The van der Waals surface area contributed by atoms with Gasteiger partial charge in [0.25, 0.3) is 5.91 Å². The van der Waals surface area contributed by atoms with E-state index in [4.69, 9.17) is 11.6 Å². The van der Waals surface area contributed by atoms with Crippen molar-refractivity contribution in [2.75, 3.05) is 5.32 Å². The zero-order valence-electron chi connectivity index (χ0n) is 9.79. The molecule has 98 valence electrons.